The Hall–Kier alpha value is -0.350. The van der Waals surface area contributed by atoms with Crippen LogP contribution in [0.2, 0.25) is 0 Å². The molecule has 18 heavy (non-hydrogen) atoms. The van der Waals surface area contributed by atoms with Crippen molar-refractivity contribution in [2.75, 3.05) is 12.3 Å². The number of nitrogens with one attached hydrogen (secondary N) is 1. The lowest BCUT2D eigenvalue weighted by Gasteiger charge is -2.19. The summed E-state index contributed by atoms with van der Waals surface area (Å²) in [4.78, 5) is 0. The van der Waals surface area contributed by atoms with E-state index in [1.807, 2.05) is 6.08 Å². The lowest BCUT2D eigenvalue weighted by atomic mass is 10.1. The summed E-state index contributed by atoms with van der Waals surface area (Å²) in [7, 11) is -2.98. The van der Waals surface area contributed by atoms with Gasteiger partial charge in [0.2, 0.25) is 0 Å². The molecule has 0 aromatic heterocycles. The zero-order valence-electron chi connectivity index (χ0n) is 12.7. The summed E-state index contributed by atoms with van der Waals surface area (Å²) in [5.41, 5.74) is 0.142. The van der Waals surface area contributed by atoms with Gasteiger partial charge in [-0.15, -0.1) is 0 Å². The molecule has 0 aromatic carbocycles. The Morgan fingerprint density at radius 1 is 0.944 bits per heavy atom. The van der Waals surface area contributed by atoms with Crippen LogP contribution in [-0.4, -0.2) is 31.0 Å². The van der Waals surface area contributed by atoms with Gasteiger partial charge in [0, 0.05) is 5.54 Å². The van der Waals surface area contributed by atoms with E-state index in [2.05, 4.69) is 32.2 Å². The fraction of sp³-hybridized carbons (Fsp3) is 0.857. The van der Waals surface area contributed by atoms with E-state index in [0.29, 0.717) is 6.42 Å². The highest BCUT2D eigenvalue weighted by molar-refractivity contribution is 7.92. The zero-order valence-corrected chi connectivity index (χ0v) is 13.5. The van der Waals surface area contributed by atoms with Crippen LogP contribution < -0.4 is 5.32 Å². The van der Waals surface area contributed by atoms with E-state index in [1.54, 1.807) is 20.8 Å². The van der Waals surface area contributed by atoms with Gasteiger partial charge in [-0.25, -0.2) is 8.42 Å². The summed E-state index contributed by atoms with van der Waals surface area (Å²) in [6.45, 7) is 12.6. The smallest absolute Gasteiger partial charge is 0.155 e. The molecule has 0 amide bonds. The maximum atomic E-state index is 11.8. The number of hydrogen-bond donors (Lipinski definition) is 1. The van der Waals surface area contributed by atoms with Gasteiger partial charge in [-0.2, -0.15) is 0 Å². The third-order valence-corrected chi connectivity index (χ3v) is 5.26. The van der Waals surface area contributed by atoms with E-state index in [1.165, 1.54) is 0 Å². The van der Waals surface area contributed by atoms with Gasteiger partial charge in [0.1, 0.15) is 0 Å². The SMILES string of the molecule is CC(C)(C)NCC/C=C/CCS(=O)(=O)C(C)(C)C. The van der Waals surface area contributed by atoms with E-state index in [4.69, 9.17) is 0 Å². The van der Waals surface area contributed by atoms with Crippen molar-refractivity contribution < 1.29 is 8.42 Å². The van der Waals surface area contributed by atoms with Crippen LogP contribution in [0.15, 0.2) is 12.2 Å². The maximum absolute atomic E-state index is 11.8. The summed E-state index contributed by atoms with van der Waals surface area (Å²) < 4.78 is 23.0. The predicted octanol–water partition coefficient (Wildman–Crippen LogP) is 2.92. The number of sulfone groups is 1. The molecule has 0 aliphatic carbocycles. The molecule has 0 atom stereocenters. The molecule has 3 nitrogen and oxygen atoms in total. The molecule has 108 valence electrons. The second-order valence-electron chi connectivity index (χ2n) is 6.66. The molecule has 0 aliphatic heterocycles. The van der Waals surface area contributed by atoms with Gasteiger partial charge in [-0.1, -0.05) is 12.2 Å². The predicted molar refractivity (Wildman–Crippen MR) is 79.7 cm³/mol. The Morgan fingerprint density at radius 3 is 1.89 bits per heavy atom. The Labute approximate surface area is 113 Å². The Balaban J connectivity index is 3.87. The van der Waals surface area contributed by atoms with E-state index in [0.717, 1.165) is 13.0 Å². The van der Waals surface area contributed by atoms with E-state index in [-0.39, 0.29) is 11.3 Å². The average molecular weight is 275 g/mol. The second kappa shape index (κ2) is 6.71. The molecule has 0 heterocycles. The molecule has 0 unspecified atom stereocenters. The number of allylic oxidation sites excluding steroid dienone is 1. The highest BCUT2D eigenvalue weighted by Crippen LogP contribution is 2.16. The first-order chi connectivity index (χ1) is 7.96. The van der Waals surface area contributed by atoms with Crippen molar-refractivity contribution in [3.8, 4) is 0 Å². The van der Waals surface area contributed by atoms with E-state index >= 15 is 0 Å². The molecule has 0 fully saturated rings. The van der Waals surface area contributed by atoms with Gasteiger partial charge in [0.05, 0.1) is 10.5 Å². The topological polar surface area (TPSA) is 46.2 Å². The third kappa shape index (κ3) is 7.88. The van der Waals surface area contributed by atoms with Crippen LogP contribution in [0.25, 0.3) is 0 Å². The largest absolute Gasteiger partial charge is 0.312 e. The molecular weight excluding hydrogens is 246 g/mol. The molecule has 0 aromatic rings. The van der Waals surface area contributed by atoms with Crippen molar-refractivity contribution in [1.82, 2.24) is 5.32 Å². The molecule has 0 rings (SSSR count). The van der Waals surface area contributed by atoms with Crippen molar-refractivity contribution in [3.63, 3.8) is 0 Å². The fourth-order valence-electron chi connectivity index (χ4n) is 1.30. The number of hydrogen-bond acceptors (Lipinski definition) is 3. The van der Waals surface area contributed by atoms with Gasteiger partial charge >= 0.3 is 0 Å². The normalized spacial score (nSPS) is 14.3. The van der Waals surface area contributed by atoms with Crippen molar-refractivity contribution in [2.24, 2.45) is 0 Å². The Bertz CT molecular complexity index is 356. The molecular formula is C14H29NO2S. The molecule has 0 spiro atoms. The summed E-state index contributed by atoms with van der Waals surface area (Å²) in [5, 5.41) is 3.38. The van der Waals surface area contributed by atoms with Gasteiger partial charge in [0.15, 0.2) is 9.84 Å². The first-order valence-corrected chi connectivity index (χ1v) is 8.23. The Morgan fingerprint density at radius 2 is 1.44 bits per heavy atom. The number of rotatable bonds is 6. The van der Waals surface area contributed by atoms with Crippen LogP contribution in [0.1, 0.15) is 54.4 Å². The second-order valence-corrected chi connectivity index (χ2v) is 9.52. The molecule has 0 saturated heterocycles. The van der Waals surface area contributed by atoms with Crippen LogP contribution in [0.4, 0.5) is 0 Å². The van der Waals surface area contributed by atoms with Gasteiger partial charge < -0.3 is 5.32 Å². The third-order valence-electron chi connectivity index (χ3n) is 2.62. The molecule has 0 bridgehead atoms. The molecule has 0 radical (unpaired) electrons. The highest BCUT2D eigenvalue weighted by atomic mass is 32.2. The molecule has 0 aliphatic rings. The summed E-state index contributed by atoms with van der Waals surface area (Å²) in [5.74, 6) is 0.236. The highest BCUT2D eigenvalue weighted by Gasteiger charge is 2.27. The van der Waals surface area contributed by atoms with Crippen LogP contribution in [0.3, 0.4) is 0 Å². The van der Waals surface area contributed by atoms with Crippen molar-refractivity contribution >= 4 is 9.84 Å². The summed E-state index contributed by atoms with van der Waals surface area (Å²) in [6, 6.07) is 0. The summed E-state index contributed by atoms with van der Waals surface area (Å²) >= 11 is 0. The Kier molecular flexibility index (Phi) is 6.58. The first-order valence-electron chi connectivity index (χ1n) is 6.58. The molecule has 1 N–H and O–H groups in total. The van der Waals surface area contributed by atoms with E-state index < -0.39 is 14.6 Å². The quantitative estimate of drug-likeness (QED) is 0.599. The standard InChI is InChI=1S/C14H29NO2S/c1-13(2,3)15-11-9-7-8-10-12-18(16,17)14(4,5)6/h7-8,15H,9-12H2,1-6H3/b8-7+. The van der Waals surface area contributed by atoms with Crippen LogP contribution in [0, 0.1) is 0 Å². The maximum Gasteiger partial charge on any atom is 0.155 e. The minimum atomic E-state index is -2.98. The van der Waals surface area contributed by atoms with Crippen LogP contribution in [0.5, 0.6) is 0 Å². The zero-order chi connectivity index (χ0) is 14.4. The van der Waals surface area contributed by atoms with Gasteiger partial charge in [-0.05, 0) is 60.9 Å². The van der Waals surface area contributed by atoms with Crippen LogP contribution >= 0.6 is 0 Å². The average Bonchev–Trinajstić information content (AvgIpc) is 2.12. The minimum absolute atomic E-state index is 0.142. The summed E-state index contributed by atoms with van der Waals surface area (Å²) in [6.07, 6.45) is 5.56. The van der Waals surface area contributed by atoms with E-state index in [9.17, 15) is 8.42 Å². The van der Waals surface area contributed by atoms with Crippen molar-refractivity contribution in [3.05, 3.63) is 12.2 Å². The van der Waals surface area contributed by atoms with Crippen molar-refractivity contribution in [1.29, 1.82) is 0 Å². The minimum Gasteiger partial charge on any atom is -0.312 e. The molecule has 0 saturated carbocycles. The van der Waals surface area contributed by atoms with Gasteiger partial charge in [-0.3, -0.25) is 0 Å². The lowest BCUT2D eigenvalue weighted by molar-refractivity contribution is 0.431. The lowest BCUT2D eigenvalue weighted by Crippen LogP contribution is -2.36. The molecule has 4 heteroatoms. The first kappa shape index (κ1) is 17.6. The monoisotopic (exact) mass is 275 g/mol. The fourth-order valence-corrected chi connectivity index (χ4v) is 2.35. The van der Waals surface area contributed by atoms with Gasteiger partial charge in [0.25, 0.3) is 0 Å². The van der Waals surface area contributed by atoms with Crippen LogP contribution in [-0.2, 0) is 9.84 Å². The van der Waals surface area contributed by atoms with Crippen molar-refractivity contribution in [2.45, 2.75) is 64.7 Å².